The number of pyridine rings is 1. The summed E-state index contributed by atoms with van der Waals surface area (Å²) in [5.41, 5.74) is 10.8. The van der Waals surface area contributed by atoms with Gasteiger partial charge in [-0.05, 0) is 69.8 Å². The summed E-state index contributed by atoms with van der Waals surface area (Å²) in [6, 6.07) is 43.9. The van der Waals surface area contributed by atoms with E-state index in [4.69, 9.17) is 0 Å². The van der Waals surface area contributed by atoms with Gasteiger partial charge in [-0.25, -0.2) is 0 Å². The molecule has 2 aliphatic rings. The van der Waals surface area contributed by atoms with Crippen molar-refractivity contribution in [1.29, 1.82) is 0 Å². The topological polar surface area (TPSA) is 33.2 Å². The number of benzene rings is 5. The number of fused-ring (bicyclic) bond motifs is 11. The van der Waals surface area contributed by atoms with E-state index in [0.29, 0.717) is 0 Å². The highest BCUT2D eigenvalue weighted by molar-refractivity contribution is 7.81. The molecule has 0 radical (unpaired) electrons. The maximum absolute atomic E-state index is 15.4. The molecule has 0 amide bonds. The minimum absolute atomic E-state index is 0.892. The van der Waals surface area contributed by atoms with Crippen molar-refractivity contribution in [2.24, 2.45) is 0 Å². The van der Waals surface area contributed by atoms with Gasteiger partial charge in [0, 0.05) is 34.1 Å². The van der Waals surface area contributed by atoms with Crippen LogP contribution in [-0.2, 0) is 4.57 Å². The number of para-hydroxylation sites is 1. The van der Waals surface area contributed by atoms with Gasteiger partial charge in [-0.2, -0.15) is 0 Å². The first kappa shape index (κ1) is 22.3. The molecule has 2 aliphatic heterocycles. The van der Waals surface area contributed by atoms with Crippen molar-refractivity contribution in [3.05, 3.63) is 140 Å². The van der Waals surface area contributed by atoms with Gasteiger partial charge in [-0.1, -0.05) is 91.0 Å². The molecule has 184 valence electrons. The van der Waals surface area contributed by atoms with Crippen LogP contribution in [0, 0.1) is 0 Å². The summed E-state index contributed by atoms with van der Waals surface area (Å²) in [4.78, 5) is 4.25. The van der Waals surface area contributed by atoms with E-state index in [1.165, 1.54) is 0 Å². The maximum atomic E-state index is 15.4. The second-order valence-corrected chi connectivity index (χ2v) is 12.5. The van der Waals surface area contributed by atoms with Gasteiger partial charge < -0.3 is 0 Å². The Labute approximate surface area is 227 Å². The Balaban J connectivity index is 1.34. The lowest BCUT2D eigenvalue weighted by Crippen LogP contribution is -2.37. The van der Waals surface area contributed by atoms with Crippen molar-refractivity contribution in [2.75, 3.05) is 4.67 Å². The molecule has 39 heavy (non-hydrogen) atoms. The van der Waals surface area contributed by atoms with Gasteiger partial charge in [0.15, 0.2) is 0 Å². The fourth-order valence-corrected chi connectivity index (χ4v) is 9.37. The Morgan fingerprint density at radius 2 is 1.05 bits per heavy atom. The summed E-state index contributed by atoms with van der Waals surface area (Å²) in [5, 5.41) is 1.79. The summed E-state index contributed by atoms with van der Waals surface area (Å²) in [7, 11) is -3.16. The van der Waals surface area contributed by atoms with Crippen LogP contribution < -0.4 is 15.3 Å². The molecule has 0 fully saturated rings. The lowest BCUT2D eigenvalue weighted by atomic mass is 9.95. The van der Waals surface area contributed by atoms with Crippen molar-refractivity contribution in [3.8, 4) is 44.5 Å². The van der Waals surface area contributed by atoms with Gasteiger partial charge in [0.1, 0.15) is 0 Å². The molecule has 0 saturated heterocycles. The average molecular weight is 519 g/mol. The van der Waals surface area contributed by atoms with E-state index < -0.39 is 7.29 Å². The summed E-state index contributed by atoms with van der Waals surface area (Å²) in [6.45, 7) is 0. The molecular weight excluding hydrogens is 495 g/mol. The minimum atomic E-state index is -3.16. The zero-order valence-corrected chi connectivity index (χ0v) is 21.9. The highest BCUT2D eigenvalue weighted by Gasteiger charge is 2.47. The highest BCUT2D eigenvalue weighted by atomic mass is 31.2. The van der Waals surface area contributed by atoms with Crippen LogP contribution in [0.15, 0.2) is 140 Å². The maximum Gasteiger partial charge on any atom is 0.235 e. The Hall–Kier alpha value is -4.72. The van der Waals surface area contributed by atoms with Gasteiger partial charge in [-0.3, -0.25) is 14.2 Å². The Bertz CT molecular complexity index is 1950. The zero-order valence-electron chi connectivity index (χ0n) is 21.0. The van der Waals surface area contributed by atoms with E-state index in [1.807, 2.05) is 54.7 Å². The number of hydrogen-bond acceptors (Lipinski definition) is 2. The van der Waals surface area contributed by atoms with Crippen LogP contribution >= 0.6 is 7.29 Å². The van der Waals surface area contributed by atoms with Crippen LogP contribution in [0.25, 0.3) is 44.5 Å². The molecule has 0 spiro atoms. The number of hydrogen-bond donors (Lipinski definition) is 0. The van der Waals surface area contributed by atoms with Crippen LogP contribution in [-0.4, -0.2) is 4.98 Å². The predicted molar refractivity (Wildman–Crippen MR) is 161 cm³/mol. The van der Waals surface area contributed by atoms with Gasteiger partial charge in [0.05, 0.1) is 11.4 Å². The van der Waals surface area contributed by atoms with Gasteiger partial charge in [0.25, 0.3) is 0 Å². The van der Waals surface area contributed by atoms with Gasteiger partial charge in [-0.15, -0.1) is 0 Å². The van der Waals surface area contributed by atoms with E-state index in [1.54, 1.807) is 6.20 Å². The van der Waals surface area contributed by atoms with E-state index in [-0.39, 0.29) is 0 Å². The third-order valence-electron chi connectivity index (χ3n) is 7.89. The molecule has 4 heteroatoms. The highest BCUT2D eigenvalue weighted by Crippen LogP contribution is 2.65. The molecule has 5 aromatic carbocycles. The molecule has 3 nitrogen and oxygen atoms in total. The van der Waals surface area contributed by atoms with Crippen LogP contribution in [0.2, 0.25) is 0 Å². The van der Waals surface area contributed by atoms with Crippen LogP contribution in [0.5, 0.6) is 0 Å². The summed E-state index contributed by atoms with van der Waals surface area (Å²) in [6.07, 6.45) is 3.68. The number of rotatable bonds is 2. The van der Waals surface area contributed by atoms with Crippen molar-refractivity contribution in [3.63, 3.8) is 0 Å². The zero-order chi connectivity index (χ0) is 26.0. The lowest BCUT2D eigenvalue weighted by molar-refractivity contribution is 0.586. The normalized spacial score (nSPS) is 16.4. The fourth-order valence-electron chi connectivity index (χ4n) is 6.10. The summed E-state index contributed by atoms with van der Waals surface area (Å²) < 4.78 is 17.6. The first-order chi connectivity index (χ1) is 19.2. The Morgan fingerprint density at radius 1 is 0.487 bits per heavy atom. The minimum Gasteiger partial charge on any atom is -0.289 e. The molecule has 1 atom stereocenters. The van der Waals surface area contributed by atoms with Crippen LogP contribution in [0.3, 0.4) is 0 Å². The smallest absolute Gasteiger partial charge is 0.235 e. The van der Waals surface area contributed by atoms with Crippen LogP contribution in [0.4, 0.5) is 11.4 Å². The standard InChI is InChI=1S/C35H23N2OP/c38-39-34-13-5-2-10-29(34)28-9-1-4-12-32(28)37(39)33-20-19-26(22-31(33)30-11-3-6-14-35(30)39)24-15-17-25(18-16-24)27-8-7-21-36-23-27/h1-23H. The number of anilines is 2. The molecule has 8 rings (SSSR count). The van der Waals surface area contributed by atoms with Crippen molar-refractivity contribution < 1.29 is 4.57 Å². The largest absolute Gasteiger partial charge is 0.289 e. The molecule has 1 unspecified atom stereocenters. The monoisotopic (exact) mass is 518 g/mol. The second kappa shape index (κ2) is 8.39. The second-order valence-electron chi connectivity index (χ2n) is 9.99. The first-order valence-corrected chi connectivity index (χ1v) is 14.7. The van der Waals surface area contributed by atoms with Crippen molar-refractivity contribution in [2.45, 2.75) is 0 Å². The molecule has 0 aliphatic carbocycles. The van der Waals surface area contributed by atoms with E-state index >= 15 is 4.57 Å². The third kappa shape index (κ3) is 3.17. The molecule has 1 aromatic heterocycles. The molecule has 6 aromatic rings. The van der Waals surface area contributed by atoms with E-state index in [2.05, 4.69) is 88.5 Å². The van der Waals surface area contributed by atoms with Crippen molar-refractivity contribution in [1.82, 2.24) is 4.98 Å². The van der Waals surface area contributed by atoms with Gasteiger partial charge >= 0.3 is 0 Å². The average Bonchev–Trinajstić information content (AvgIpc) is 3.02. The molecule has 3 heterocycles. The number of aromatic nitrogens is 1. The third-order valence-corrected chi connectivity index (χ3v) is 11.0. The quantitative estimate of drug-likeness (QED) is 0.216. The van der Waals surface area contributed by atoms with E-state index in [0.717, 1.165) is 66.5 Å². The Kier molecular flexibility index (Phi) is 4.79. The SMILES string of the molecule is O=P12c3ccccc3-c3ccccc3N1c1ccc(-c3ccc(-c4cccnc4)cc3)cc1-c1ccccc12. The molecule has 0 bridgehead atoms. The fraction of sp³-hybridized carbons (Fsp3) is 0. The first-order valence-electron chi connectivity index (χ1n) is 13.1. The van der Waals surface area contributed by atoms with Crippen molar-refractivity contribution >= 4 is 29.3 Å². The van der Waals surface area contributed by atoms with E-state index in [9.17, 15) is 0 Å². The number of nitrogens with zero attached hydrogens (tertiary/aromatic N) is 2. The summed E-state index contributed by atoms with van der Waals surface area (Å²) >= 11 is 0. The van der Waals surface area contributed by atoms with Gasteiger partial charge in [0.2, 0.25) is 7.29 Å². The lowest BCUT2D eigenvalue weighted by Gasteiger charge is -2.44. The summed E-state index contributed by atoms with van der Waals surface area (Å²) in [5.74, 6) is 0. The Morgan fingerprint density at radius 3 is 1.74 bits per heavy atom. The van der Waals surface area contributed by atoms with Crippen LogP contribution in [0.1, 0.15) is 0 Å². The predicted octanol–water partition coefficient (Wildman–Crippen LogP) is 8.44. The molecule has 0 N–H and O–H groups in total. The molecule has 0 saturated carbocycles. The molecular formula is C35H23N2OP.